The van der Waals surface area contributed by atoms with Crippen molar-refractivity contribution in [2.24, 2.45) is 5.41 Å². The normalized spacial score (nSPS) is 26.1. The molecule has 2 fully saturated rings. The summed E-state index contributed by atoms with van der Waals surface area (Å²) in [6.07, 6.45) is -1.64. The summed E-state index contributed by atoms with van der Waals surface area (Å²) in [6.45, 7) is 4.68. The van der Waals surface area contributed by atoms with Crippen molar-refractivity contribution in [3.8, 4) is 0 Å². The van der Waals surface area contributed by atoms with Gasteiger partial charge in [-0.1, -0.05) is 19.8 Å². The maximum Gasteiger partial charge on any atom is 0.408 e. The molecule has 1 aliphatic carbocycles. The number of hydrogen-bond donors (Lipinski definition) is 0. The second-order valence-corrected chi connectivity index (χ2v) is 9.19. The molecule has 0 aromatic carbocycles. The average molecular weight is 442 g/mol. The van der Waals surface area contributed by atoms with Crippen LogP contribution in [0.25, 0.3) is 0 Å². The number of carbonyl (C=O) groups excluding carboxylic acids is 1. The van der Waals surface area contributed by atoms with Gasteiger partial charge in [-0.05, 0) is 26.2 Å². The highest BCUT2D eigenvalue weighted by atomic mass is 19.4. The molecule has 3 heterocycles. The number of hydrogen-bond acceptors (Lipinski definition) is 6. The van der Waals surface area contributed by atoms with Gasteiger partial charge < -0.3 is 14.5 Å². The monoisotopic (exact) mass is 442 g/mol. The van der Waals surface area contributed by atoms with E-state index in [1.165, 1.54) is 10.6 Å². The van der Waals surface area contributed by atoms with E-state index in [-0.39, 0.29) is 30.7 Å². The Labute approximate surface area is 179 Å². The summed E-state index contributed by atoms with van der Waals surface area (Å²) in [7, 11) is 0. The lowest BCUT2D eigenvalue weighted by Crippen LogP contribution is -2.55. The van der Waals surface area contributed by atoms with Crippen molar-refractivity contribution in [2.45, 2.75) is 70.8 Å². The molecule has 2 unspecified atom stereocenters. The highest BCUT2D eigenvalue weighted by Gasteiger charge is 2.49. The van der Waals surface area contributed by atoms with Gasteiger partial charge in [0.15, 0.2) is 5.78 Å². The Hall–Kier alpha value is -2.10. The molecule has 0 spiro atoms. The molecule has 2 aliphatic heterocycles. The van der Waals surface area contributed by atoms with Gasteiger partial charge in [0, 0.05) is 24.6 Å². The topological polar surface area (TPSA) is 67.7 Å². The third-order valence-electron chi connectivity index (χ3n) is 6.97. The summed E-state index contributed by atoms with van der Waals surface area (Å²) in [5.74, 6) is 0.0520. The summed E-state index contributed by atoms with van der Waals surface area (Å²) in [5, 5.41) is 0. The molecule has 10 heteroatoms. The predicted molar refractivity (Wildman–Crippen MR) is 110 cm³/mol. The van der Waals surface area contributed by atoms with E-state index in [2.05, 4.69) is 4.98 Å². The zero-order chi connectivity index (χ0) is 22.4. The van der Waals surface area contributed by atoms with Crippen LogP contribution in [0.2, 0.25) is 0 Å². The number of ketones is 1. The molecule has 4 rings (SSSR count). The summed E-state index contributed by atoms with van der Waals surface area (Å²) in [5.41, 5.74) is -1.02. The van der Waals surface area contributed by atoms with Crippen LogP contribution in [0.3, 0.4) is 0 Å². The van der Waals surface area contributed by atoms with Gasteiger partial charge in [-0.25, -0.2) is 0 Å². The van der Waals surface area contributed by atoms with Crippen LogP contribution in [0.5, 0.6) is 0 Å². The number of aromatic nitrogens is 2. The van der Waals surface area contributed by atoms with Crippen molar-refractivity contribution in [2.75, 3.05) is 36.1 Å². The van der Waals surface area contributed by atoms with Gasteiger partial charge in [-0.15, -0.1) is 0 Å². The van der Waals surface area contributed by atoms with Crippen molar-refractivity contribution in [3.05, 3.63) is 16.4 Å². The molecule has 7 nitrogen and oxygen atoms in total. The van der Waals surface area contributed by atoms with Crippen LogP contribution in [0.15, 0.2) is 10.9 Å². The lowest BCUT2D eigenvalue weighted by molar-refractivity contribution is -0.153. The number of Topliss-reactive ketones (excluding diaryl/α,β-unsaturated/α-hetero) is 1. The summed E-state index contributed by atoms with van der Waals surface area (Å²) < 4.78 is 48.5. The molecule has 3 aliphatic rings. The first-order chi connectivity index (χ1) is 14.6. The molecule has 0 amide bonds. The molecular weight excluding hydrogens is 413 g/mol. The fraction of sp³-hybridized carbons (Fsp3) is 0.762. The molecule has 1 saturated heterocycles. The van der Waals surface area contributed by atoms with Crippen LogP contribution in [0.4, 0.5) is 24.9 Å². The quantitative estimate of drug-likeness (QED) is 0.715. The maximum atomic E-state index is 13.9. The first-order valence-corrected chi connectivity index (χ1v) is 10.9. The van der Waals surface area contributed by atoms with Crippen LogP contribution < -0.4 is 15.4 Å². The van der Waals surface area contributed by atoms with Gasteiger partial charge in [0.2, 0.25) is 5.95 Å². The largest absolute Gasteiger partial charge is 0.408 e. The Balaban J connectivity index is 1.74. The van der Waals surface area contributed by atoms with Gasteiger partial charge >= 0.3 is 6.18 Å². The van der Waals surface area contributed by atoms with Crippen molar-refractivity contribution in [1.82, 2.24) is 9.55 Å². The first-order valence-electron chi connectivity index (χ1n) is 10.9. The number of alkyl halides is 3. The standard InChI is InChI=1S/C21H29F3N4O3/c1-14-13-31-10-9-26(14)17-11-18(30)27-8-5-15(21(22,23)24)28(19(27)25-17)12-16(29)20(2)6-3-4-7-20/h11,14-15H,3-10,12-13H2,1-2H3. The number of fused-ring (bicyclic) bond motifs is 1. The van der Waals surface area contributed by atoms with Gasteiger partial charge in [0.05, 0.1) is 25.8 Å². The number of carbonyl (C=O) groups is 1. The first kappa shape index (κ1) is 22.1. The summed E-state index contributed by atoms with van der Waals surface area (Å²) in [6, 6.07) is -0.527. The van der Waals surface area contributed by atoms with Crippen molar-refractivity contribution >= 4 is 17.5 Å². The third-order valence-corrected chi connectivity index (χ3v) is 6.97. The lowest BCUT2D eigenvalue weighted by Gasteiger charge is -2.41. The van der Waals surface area contributed by atoms with E-state index in [1.807, 2.05) is 18.7 Å². The van der Waals surface area contributed by atoms with E-state index in [4.69, 9.17) is 4.74 Å². The van der Waals surface area contributed by atoms with Crippen LogP contribution in [-0.4, -0.2) is 59.9 Å². The molecule has 2 atom stereocenters. The Morgan fingerprint density at radius 2 is 2.00 bits per heavy atom. The summed E-state index contributed by atoms with van der Waals surface area (Å²) >= 11 is 0. The molecule has 1 aromatic heterocycles. The molecule has 0 N–H and O–H groups in total. The highest BCUT2D eigenvalue weighted by Crippen LogP contribution is 2.40. The maximum absolute atomic E-state index is 13.9. The number of anilines is 2. The zero-order valence-corrected chi connectivity index (χ0v) is 18.0. The molecule has 0 bridgehead atoms. The van der Waals surface area contributed by atoms with Gasteiger partial charge in [0.25, 0.3) is 5.56 Å². The number of halogens is 3. The van der Waals surface area contributed by atoms with Crippen molar-refractivity contribution < 1.29 is 22.7 Å². The van der Waals surface area contributed by atoms with Gasteiger partial charge in [-0.3, -0.25) is 14.2 Å². The fourth-order valence-electron chi connectivity index (χ4n) is 4.97. The van der Waals surface area contributed by atoms with E-state index < -0.39 is 29.7 Å². The van der Waals surface area contributed by atoms with E-state index in [9.17, 15) is 22.8 Å². The minimum atomic E-state index is -4.53. The average Bonchev–Trinajstić information content (AvgIpc) is 3.15. The fourth-order valence-corrected chi connectivity index (χ4v) is 4.97. The van der Waals surface area contributed by atoms with Crippen LogP contribution in [0.1, 0.15) is 46.0 Å². The van der Waals surface area contributed by atoms with Crippen LogP contribution in [-0.2, 0) is 16.1 Å². The number of ether oxygens (including phenoxy) is 1. The zero-order valence-electron chi connectivity index (χ0n) is 18.0. The SMILES string of the molecule is CC1COCCN1c1cc(=O)n2c(n1)N(CC(=O)C1(C)CCCC1)C(C(F)(F)F)CC2. The smallest absolute Gasteiger partial charge is 0.377 e. The Morgan fingerprint density at radius 1 is 1.29 bits per heavy atom. The Bertz CT molecular complexity index is 895. The molecular formula is C21H29F3N4O3. The van der Waals surface area contributed by atoms with E-state index >= 15 is 0 Å². The number of rotatable bonds is 4. The number of nitrogens with zero attached hydrogens (tertiary/aromatic N) is 4. The number of morpholine rings is 1. The molecule has 0 radical (unpaired) electrons. The van der Waals surface area contributed by atoms with Crippen molar-refractivity contribution in [1.29, 1.82) is 0 Å². The second-order valence-electron chi connectivity index (χ2n) is 9.19. The van der Waals surface area contributed by atoms with E-state index in [1.54, 1.807) is 0 Å². The minimum absolute atomic E-state index is 0.0572. The van der Waals surface area contributed by atoms with E-state index in [0.29, 0.717) is 38.4 Å². The molecule has 31 heavy (non-hydrogen) atoms. The molecule has 172 valence electrons. The lowest BCUT2D eigenvalue weighted by atomic mass is 9.83. The second kappa shape index (κ2) is 8.11. The Kier molecular flexibility index (Phi) is 5.78. The highest BCUT2D eigenvalue weighted by molar-refractivity contribution is 5.88. The molecule has 1 saturated carbocycles. The Morgan fingerprint density at radius 3 is 2.65 bits per heavy atom. The van der Waals surface area contributed by atoms with E-state index in [0.717, 1.165) is 17.7 Å². The van der Waals surface area contributed by atoms with Crippen LogP contribution in [0, 0.1) is 5.41 Å². The molecule has 1 aromatic rings. The minimum Gasteiger partial charge on any atom is -0.377 e. The third kappa shape index (κ3) is 4.18. The van der Waals surface area contributed by atoms with Gasteiger partial charge in [0.1, 0.15) is 11.9 Å². The van der Waals surface area contributed by atoms with Crippen molar-refractivity contribution in [3.63, 3.8) is 0 Å². The van der Waals surface area contributed by atoms with Gasteiger partial charge in [-0.2, -0.15) is 18.2 Å². The predicted octanol–water partition coefficient (Wildman–Crippen LogP) is 2.76. The van der Waals surface area contributed by atoms with Crippen LogP contribution >= 0.6 is 0 Å². The summed E-state index contributed by atoms with van der Waals surface area (Å²) in [4.78, 5) is 33.3.